The molecule has 0 aliphatic rings. The number of fused-ring (bicyclic) bond motifs is 1. The Balaban J connectivity index is 2.29. The molecule has 0 aliphatic heterocycles. The molecule has 0 fully saturated rings. The molecule has 0 bridgehead atoms. The van der Waals surface area contributed by atoms with Crippen LogP contribution in [0.2, 0.25) is 0 Å². The molecular formula is C13H16O3. The van der Waals surface area contributed by atoms with Crippen LogP contribution in [0.4, 0.5) is 0 Å². The van der Waals surface area contributed by atoms with E-state index in [9.17, 15) is 5.11 Å². The Labute approximate surface area is 94.3 Å². The Morgan fingerprint density at radius 3 is 2.88 bits per heavy atom. The molecule has 0 spiro atoms. The maximum absolute atomic E-state index is 9.84. The van der Waals surface area contributed by atoms with Crippen molar-refractivity contribution in [1.29, 1.82) is 0 Å². The first-order valence-corrected chi connectivity index (χ1v) is 5.50. The molecule has 86 valence electrons. The highest BCUT2D eigenvalue weighted by atomic mass is 16.4. The first-order valence-electron chi connectivity index (χ1n) is 5.50. The molecule has 0 aliphatic carbocycles. The lowest BCUT2D eigenvalue weighted by Gasteiger charge is -2.05. The van der Waals surface area contributed by atoms with Crippen LogP contribution >= 0.6 is 0 Å². The van der Waals surface area contributed by atoms with Crippen LogP contribution in [-0.2, 0) is 0 Å². The van der Waals surface area contributed by atoms with E-state index in [1.807, 2.05) is 31.2 Å². The van der Waals surface area contributed by atoms with E-state index < -0.39 is 6.10 Å². The van der Waals surface area contributed by atoms with E-state index in [1.165, 1.54) is 0 Å². The minimum atomic E-state index is -0.626. The van der Waals surface area contributed by atoms with Gasteiger partial charge < -0.3 is 14.6 Å². The second kappa shape index (κ2) is 4.68. The molecule has 1 heterocycles. The highest BCUT2D eigenvalue weighted by Gasteiger charge is 2.13. The Kier molecular flexibility index (Phi) is 3.27. The van der Waals surface area contributed by atoms with Crippen molar-refractivity contribution in [1.82, 2.24) is 0 Å². The van der Waals surface area contributed by atoms with Gasteiger partial charge in [0.2, 0.25) is 0 Å². The van der Waals surface area contributed by atoms with Crippen molar-refractivity contribution in [3.05, 3.63) is 35.6 Å². The van der Waals surface area contributed by atoms with Crippen molar-refractivity contribution in [2.75, 3.05) is 6.61 Å². The average molecular weight is 220 g/mol. The highest BCUT2D eigenvalue weighted by molar-refractivity contribution is 5.80. The molecule has 1 aromatic heterocycles. The van der Waals surface area contributed by atoms with Gasteiger partial charge in [0.25, 0.3) is 0 Å². The van der Waals surface area contributed by atoms with Crippen molar-refractivity contribution in [2.45, 2.75) is 25.9 Å². The molecule has 0 amide bonds. The smallest absolute Gasteiger partial charge is 0.137 e. The van der Waals surface area contributed by atoms with Crippen LogP contribution in [0.3, 0.4) is 0 Å². The topological polar surface area (TPSA) is 53.6 Å². The molecule has 1 aromatic carbocycles. The van der Waals surface area contributed by atoms with Gasteiger partial charge in [0.1, 0.15) is 17.4 Å². The molecule has 2 N–H and O–H groups in total. The van der Waals surface area contributed by atoms with Gasteiger partial charge in [0.15, 0.2) is 0 Å². The summed E-state index contributed by atoms with van der Waals surface area (Å²) < 4.78 is 5.63. The van der Waals surface area contributed by atoms with Gasteiger partial charge in [0.05, 0.1) is 0 Å². The van der Waals surface area contributed by atoms with Gasteiger partial charge in [-0.2, -0.15) is 0 Å². The Bertz CT molecular complexity index is 473. The van der Waals surface area contributed by atoms with Crippen LogP contribution in [0.1, 0.15) is 30.3 Å². The van der Waals surface area contributed by atoms with Gasteiger partial charge in [-0.25, -0.2) is 0 Å². The summed E-state index contributed by atoms with van der Waals surface area (Å²) in [6.07, 6.45) is 0.478. The van der Waals surface area contributed by atoms with Gasteiger partial charge in [-0.3, -0.25) is 0 Å². The Morgan fingerprint density at radius 1 is 1.38 bits per heavy atom. The second-order valence-electron chi connectivity index (χ2n) is 4.02. The van der Waals surface area contributed by atoms with E-state index >= 15 is 0 Å². The number of rotatable bonds is 4. The van der Waals surface area contributed by atoms with Crippen LogP contribution in [-0.4, -0.2) is 16.8 Å². The maximum atomic E-state index is 9.84. The minimum absolute atomic E-state index is 0.0936. The monoisotopic (exact) mass is 220 g/mol. The van der Waals surface area contributed by atoms with E-state index in [1.54, 1.807) is 0 Å². The van der Waals surface area contributed by atoms with E-state index in [2.05, 4.69) is 0 Å². The summed E-state index contributed by atoms with van der Waals surface area (Å²) in [6.45, 7) is 2.08. The summed E-state index contributed by atoms with van der Waals surface area (Å²) in [6, 6.07) is 7.78. The average Bonchev–Trinajstić information content (AvgIpc) is 2.71. The highest BCUT2D eigenvalue weighted by Crippen LogP contribution is 2.28. The largest absolute Gasteiger partial charge is 0.458 e. The fraction of sp³-hybridized carbons (Fsp3) is 0.385. The number of hydrogen-bond donors (Lipinski definition) is 2. The van der Waals surface area contributed by atoms with E-state index in [0.29, 0.717) is 18.6 Å². The maximum Gasteiger partial charge on any atom is 0.137 e. The van der Waals surface area contributed by atoms with E-state index in [4.69, 9.17) is 9.52 Å². The first-order chi connectivity index (χ1) is 7.72. The summed E-state index contributed by atoms with van der Waals surface area (Å²) >= 11 is 0. The first kappa shape index (κ1) is 11.2. The number of aliphatic hydroxyl groups excluding tert-OH is 2. The fourth-order valence-corrected chi connectivity index (χ4v) is 1.82. The summed E-state index contributed by atoms with van der Waals surface area (Å²) in [5.74, 6) is 0.581. The lowest BCUT2D eigenvalue weighted by atomic mass is 10.1. The molecule has 0 radical (unpaired) electrons. The normalized spacial score (nSPS) is 13.2. The van der Waals surface area contributed by atoms with Crippen molar-refractivity contribution < 1.29 is 14.6 Å². The SMILES string of the molecule is Cc1cccc2cc(C(O)CCCO)oc12. The third-order valence-corrected chi connectivity index (χ3v) is 2.72. The number of furan rings is 1. The molecule has 1 unspecified atom stereocenters. The zero-order chi connectivity index (χ0) is 11.5. The molecular weight excluding hydrogens is 204 g/mol. The lowest BCUT2D eigenvalue weighted by molar-refractivity contribution is 0.130. The molecule has 3 nitrogen and oxygen atoms in total. The Morgan fingerprint density at radius 2 is 2.19 bits per heavy atom. The van der Waals surface area contributed by atoms with Crippen LogP contribution in [0.5, 0.6) is 0 Å². The number of hydrogen-bond acceptors (Lipinski definition) is 3. The molecule has 3 heteroatoms. The van der Waals surface area contributed by atoms with Crippen molar-refractivity contribution in [3.63, 3.8) is 0 Å². The molecule has 0 saturated heterocycles. The molecule has 1 atom stereocenters. The molecule has 16 heavy (non-hydrogen) atoms. The zero-order valence-electron chi connectivity index (χ0n) is 9.31. The number of aryl methyl sites for hydroxylation is 1. The lowest BCUT2D eigenvalue weighted by Crippen LogP contribution is -1.96. The van der Waals surface area contributed by atoms with Gasteiger partial charge in [-0.1, -0.05) is 18.2 Å². The van der Waals surface area contributed by atoms with Crippen molar-refractivity contribution in [3.8, 4) is 0 Å². The van der Waals surface area contributed by atoms with Crippen molar-refractivity contribution in [2.24, 2.45) is 0 Å². The zero-order valence-corrected chi connectivity index (χ0v) is 9.31. The molecule has 2 aromatic rings. The number of benzene rings is 1. The summed E-state index contributed by atoms with van der Waals surface area (Å²) in [5, 5.41) is 19.6. The quantitative estimate of drug-likeness (QED) is 0.832. The summed E-state index contributed by atoms with van der Waals surface area (Å²) in [4.78, 5) is 0. The summed E-state index contributed by atoms with van der Waals surface area (Å²) in [7, 11) is 0. The minimum Gasteiger partial charge on any atom is -0.458 e. The van der Waals surface area contributed by atoms with Crippen LogP contribution < -0.4 is 0 Å². The molecule has 2 rings (SSSR count). The second-order valence-corrected chi connectivity index (χ2v) is 4.02. The van der Waals surface area contributed by atoms with Crippen molar-refractivity contribution >= 4 is 11.0 Å². The number of aliphatic hydroxyl groups is 2. The predicted molar refractivity (Wildman–Crippen MR) is 62.2 cm³/mol. The van der Waals surface area contributed by atoms with Gasteiger partial charge >= 0.3 is 0 Å². The fourth-order valence-electron chi connectivity index (χ4n) is 1.82. The van der Waals surface area contributed by atoms with Gasteiger partial charge in [0, 0.05) is 12.0 Å². The summed E-state index contributed by atoms with van der Waals surface area (Å²) in [5.41, 5.74) is 1.90. The van der Waals surface area contributed by atoms with Gasteiger partial charge in [-0.15, -0.1) is 0 Å². The standard InChI is InChI=1S/C13H16O3/c1-9-4-2-5-10-8-12(16-13(9)10)11(15)6-3-7-14/h2,4-5,8,11,14-15H,3,6-7H2,1H3. The van der Waals surface area contributed by atoms with E-state index in [-0.39, 0.29) is 6.61 Å². The van der Waals surface area contributed by atoms with Crippen LogP contribution in [0, 0.1) is 6.92 Å². The third-order valence-electron chi connectivity index (χ3n) is 2.72. The molecule has 0 saturated carbocycles. The Hall–Kier alpha value is -1.32. The number of para-hydroxylation sites is 1. The van der Waals surface area contributed by atoms with Crippen LogP contribution in [0.25, 0.3) is 11.0 Å². The predicted octanol–water partition coefficient (Wildman–Crippen LogP) is 2.55. The van der Waals surface area contributed by atoms with E-state index in [0.717, 1.165) is 16.5 Å². The third kappa shape index (κ3) is 2.10. The van der Waals surface area contributed by atoms with Crippen LogP contribution in [0.15, 0.2) is 28.7 Å². The van der Waals surface area contributed by atoms with Gasteiger partial charge in [-0.05, 0) is 31.4 Å².